The van der Waals surface area contributed by atoms with E-state index < -0.39 is 71.8 Å². The topological polar surface area (TPSA) is 279 Å². The predicted octanol–water partition coefficient (Wildman–Crippen LogP) is 16.4. The van der Waals surface area contributed by atoms with Crippen LogP contribution in [0.2, 0.25) is 20.1 Å². The lowest BCUT2D eigenvalue weighted by Crippen LogP contribution is -2.49. The Morgan fingerprint density at radius 1 is 0.357 bits per heavy atom. The van der Waals surface area contributed by atoms with Crippen molar-refractivity contribution in [3.05, 3.63) is 333 Å². The molecule has 0 unspecified atom stereocenters. The van der Waals surface area contributed by atoms with Crippen LogP contribution >= 0.6 is 46.4 Å². The van der Waals surface area contributed by atoms with E-state index in [1.807, 2.05) is 0 Å². The maximum absolute atomic E-state index is 13.5. The molecule has 12 aromatic rings. The third-order valence-corrected chi connectivity index (χ3v) is 20.4. The van der Waals surface area contributed by atoms with E-state index in [2.05, 4.69) is 0 Å². The number of carbonyl (C=O) groups is 3. The Labute approximate surface area is 674 Å². The van der Waals surface area contributed by atoms with Crippen LogP contribution in [-0.2, 0) is 19.6 Å². The zero-order valence-corrected chi connectivity index (χ0v) is 61.8. The number of fused-ring (bicyclic) bond motifs is 3. The SMILES string of the molecule is C.C.C.O=C(c1ccc(Cl)cc1)N1CCN(c2c([N+](=O)[O-])c(=O)n(Cc3ccc(F)cc3)c3ccc(Cl)cc23)CC1.O=C(c1ccc(F)cc1)N1CCN(c2c([N+](=O)[O-])c(=O)n(Cc3ccc(F)cc3)c3ccc(Cl)cc23)CC1.O=C(c1ccco1)N1CCN(c2c([N+](=O)[O-])c(=O)n(Cc3ccc(F)cc3)c3ccc(Cl)cc23)CC1. The second kappa shape index (κ2) is 36.6. The summed E-state index contributed by atoms with van der Waals surface area (Å²) in [5, 5.41) is 39.6. The summed E-state index contributed by atoms with van der Waals surface area (Å²) in [7, 11) is 0. The number of carbonyl (C=O) groups excluding carboxylic acids is 3. The van der Waals surface area contributed by atoms with Crippen molar-refractivity contribution in [1.82, 2.24) is 28.4 Å². The van der Waals surface area contributed by atoms with Crippen LogP contribution in [-0.4, -0.2) is 139 Å². The van der Waals surface area contributed by atoms with E-state index in [1.54, 1.807) is 120 Å². The zero-order valence-electron chi connectivity index (χ0n) is 58.8. The highest BCUT2D eigenvalue weighted by atomic mass is 35.5. The normalized spacial score (nSPS) is 13.4. The van der Waals surface area contributed by atoms with Gasteiger partial charge in [0.2, 0.25) is 0 Å². The Morgan fingerprint density at radius 3 is 0.887 bits per heavy atom. The lowest BCUT2D eigenvalue weighted by Gasteiger charge is -2.36. The molecule has 0 atom stereocenters. The first-order valence-corrected chi connectivity index (χ1v) is 36.2. The van der Waals surface area contributed by atoms with Gasteiger partial charge in [0, 0.05) is 126 Å². The number of amides is 3. The first-order valence-electron chi connectivity index (χ1n) is 34.7. The lowest BCUT2D eigenvalue weighted by atomic mass is 10.1. The minimum Gasteiger partial charge on any atom is -0.459 e. The molecule has 3 saturated heterocycles. The summed E-state index contributed by atoms with van der Waals surface area (Å²) in [5.74, 6) is -2.22. The molecular formula is C82H74Cl4F4N12O13. The Balaban J connectivity index is 0.000000180. The number of nitrogens with zero attached hydrogens (tertiary/aromatic N) is 12. The molecule has 3 aliphatic heterocycles. The number of hydrogen-bond donors (Lipinski definition) is 0. The highest BCUT2D eigenvalue weighted by molar-refractivity contribution is 6.32. The van der Waals surface area contributed by atoms with Crippen molar-refractivity contribution in [3.8, 4) is 0 Å². The second-order valence-electron chi connectivity index (χ2n) is 26.2. The zero-order chi connectivity index (χ0) is 79.3. The van der Waals surface area contributed by atoms with E-state index in [0.29, 0.717) is 93.7 Å². The Hall–Kier alpha value is -12.4. The number of furan rings is 1. The summed E-state index contributed by atoms with van der Waals surface area (Å²) in [6.07, 6.45) is 1.42. The van der Waals surface area contributed by atoms with E-state index in [4.69, 9.17) is 50.8 Å². The molecule has 596 valence electrons. The standard InChI is InChI=1S/C27H21Cl2FN4O4.C27H21ClF2N4O4.C25H20ClFN4O5.3CH4/c28-19-5-3-18(4-6-19)26(35)32-13-11-31(12-14-32)24-22-15-20(29)7-10-23(22)33(27(36)25(24)34(37)38)16-17-1-8-21(30)9-2-17;28-19-5-10-23-22(15-19)24(25(34(37)38)27(36)33(23)16-17-1-6-20(29)7-2-17)31-11-13-32(14-12-31)26(35)18-3-8-21(30)9-4-18;26-17-5-8-20-19(14-17)22(28-9-11-29(12-10-28)24(32)21-2-1-13-36-21)23(31(34)35)25(33)30(20)15-16-3-6-18(27)7-4-16;;;/h2*1-10,15H,11-14,16H2;1-8,13-14H,9-12,15H2;3*1H4. The average Bonchev–Trinajstić information content (AvgIpc) is 1.26. The molecule has 3 aliphatic rings. The van der Waals surface area contributed by atoms with E-state index >= 15 is 0 Å². The van der Waals surface area contributed by atoms with Gasteiger partial charge in [-0.25, -0.2) is 17.6 Å². The molecule has 115 heavy (non-hydrogen) atoms. The van der Waals surface area contributed by atoms with Gasteiger partial charge in [-0.1, -0.05) is 105 Å². The van der Waals surface area contributed by atoms with Gasteiger partial charge in [-0.15, -0.1) is 0 Å². The van der Waals surface area contributed by atoms with Crippen LogP contribution < -0.4 is 31.4 Å². The molecule has 0 bridgehead atoms. The fourth-order valence-electron chi connectivity index (χ4n) is 13.9. The van der Waals surface area contributed by atoms with E-state index in [0.717, 1.165) is 0 Å². The quantitative estimate of drug-likeness (QED) is 0.0524. The summed E-state index contributed by atoms with van der Waals surface area (Å²) in [5.41, 5.74) is 0.416. The van der Waals surface area contributed by atoms with Gasteiger partial charge in [0.05, 0.1) is 57.2 Å². The summed E-state index contributed by atoms with van der Waals surface area (Å²) < 4.78 is 62.5. The van der Waals surface area contributed by atoms with Crippen LogP contribution in [0.1, 0.15) is 70.2 Å². The molecule has 25 nitrogen and oxygen atoms in total. The van der Waals surface area contributed by atoms with Gasteiger partial charge in [-0.2, -0.15) is 0 Å². The molecule has 0 radical (unpaired) electrons. The number of piperazine rings is 3. The van der Waals surface area contributed by atoms with Crippen molar-refractivity contribution in [3.63, 3.8) is 0 Å². The minimum absolute atomic E-state index is 0. The van der Waals surface area contributed by atoms with Crippen molar-refractivity contribution in [2.45, 2.75) is 41.9 Å². The molecule has 0 saturated carbocycles. The Bertz CT molecular complexity index is 5600. The molecule has 33 heteroatoms. The molecule has 3 amide bonds. The number of anilines is 3. The van der Waals surface area contributed by atoms with Gasteiger partial charge < -0.3 is 33.8 Å². The van der Waals surface area contributed by atoms with Crippen LogP contribution in [0.25, 0.3) is 32.7 Å². The smallest absolute Gasteiger partial charge is 0.357 e. The molecule has 8 aromatic carbocycles. The van der Waals surface area contributed by atoms with Crippen LogP contribution in [0.3, 0.4) is 0 Å². The first kappa shape index (κ1) is 85.0. The van der Waals surface area contributed by atoms with Gasteiger partial charge in [0.15, 0.2) is 5.76 Å². The van der Waals surface area contributed by atoms with Crippen molar-refractivity contribution >= 4 is 131 Å². The van der Waals surface area contributed by atoms with Crippen LogP contribution in [0.4, 0.5) is 51.7 Å². The van der Waals surface area contributed by atoms with Crippen LogP contribution in [0, 0.1) is 53.6 Å². The van der Waals surface area contributed by atoms with Crippen LogP contribution in [0.5, 0.6) is 0 Å². The molecule has 0 N–H and O–H groups in total. The fourth-order valence-corrected chi connectivity index (χ4v) is 14.6. The molecule has 4 aromatic heterocycles. The number of pyridine rings is 3. The number of benzene rings is 8. The van der Waals surface area contributed by atoms with Crippen molar-refractivity contribution in [2.75, 3.05) is 93.2 Å². The van der Waals surface area contributed by atoms with Gasteiger partial charge in [-0.3, -0.25) is 72.8 Å². The average molecular weight is 1650 g/mol. The van der Waals surface area contributed by atoms with Crippen LogP contribution in [0.15, 0.2) is 213 Å². The molecule has 7 heterocycles. The largest absolute Gasteiger partial charge is 0.459 e. The lowest BCUT2D eigenvalue weighted by molar-refractivity contribution is -0.385. The Morgan fingerprint density at radius 2 is 0.617 bits per heavy atom. The molecule has 15 rings (SSSR count). The fraction of sp³-hybridized carbons (Fsp3) is 0.220. The predicted molar refractivity (Wildman–Crippen MR) is 437 cm³/mol. The number of halogens is 8. The van der Waals surface area contributed by atoms with Gasteiger partial charge >= 0.3 is 33.7 Å². The van der Waals surface area contributed by atoms with E-state index in [9.17, 15) is 76.7 Å². The maximum atomic E-state index is 13.5. The minimum atomic E-state index is -0.797. The molecular weight excluding hydrogens is 1580 g/mol. The molecule has 0 aliphatic carbocycles. The number of nitro groups is 3. The highest BCUT2D eigenvalue weighted by Crippen LogP contribution is 2.40. The van der Waals surface area contributed by atoms with E-state index in [-0.39, 0.29) is 148 Å². The summed E-state index contributed by atoms with van der Waals surface area (Å²) in [6.45, 7) is 3.28. The van der Waals surface area contributed by atoms with Crippen molar-refractivity contribution in [1.29, 1.82) is 0 Å². The number of rotatable bonds is 15. The van der Waals surface area contributed by atoms with E-state index in [1.165, 1.54) is 117 Å². The maximum Gasteiger partial charge on any atom is 0.357 e. The monoisotopic (exact) mass is 1650 g/mol. The first-order chi connectivity index (χ1) is 53.8. The third kappa shape index (κ3) is 18.5. The summed E-state index contributed by atoms with van der Waals surface area (Å²) in [4.78, 5) is 124. The molecule has 3 fully saturated rings. The highest BCUT2D eigenvalue weighted by Gasteiger charge is 2.37. The number of aromatic nitrogens is 3. The molecule has 0 spiro atoms. The second-order valence-corrected chi connectivity index (χ2v) is 28.0. The number of hydrogen-bond acceptors (Lipinski definition) is 16. The summed E-state index contributed by atoms with van der Waals surface area (Å²) in [6, 6.07) is 46.3. The third-order valence-electron chi connectivity index (χ3n) is 19.4. The van der Waals surface area contributed by atoms with Gasteiger partial charge in [0.1, 0.15) is 40.3 Å². The van der Waals surface area contributed by atoms with Gasteiger partial charge in [-0.05, 0) is 168 Å². The summed E-state index contributed by atoms with van der Waals surface area (Å²) >= 11 is 24.8. The van der Waals surface area contributed by atoms with Gasteiger partial charge in [0.25, 0.3) is 17.7 Å². The van der Waals surface area contributed by atoms with Crippen molar-refractivity contribution in [2.24, 2.45) is 0 Å². The Kier molecular flexibility index (Phi) is 27.0. The van der Waals surface area contributed by atoms with Crippen molar-refractivity contribution < 1.29 is 51.1 Å².